The summed E-state index contributed by atoms with van der Waals surface area (Å²) >= 11 is 0. The molecule has 1 saturated heterocycles. The van der Waals surface area contributed by atoms with Gasteiger partial charge in [-0.15, -0.1) is 0 Å². The van der Waals surface area contributed by atoms with E-state index in [9.17, 15) is 4.79 Å². The first kappa shape index (κ1) is 17.2. The summed E-state index contributed by atoms with van der Waals surface area (Å²) < 4.78 is 0. The summed E-state index contributed by atoms with van der Waals surface area (Å²) in [5.41, 5.74) is 5.42. The Hall–Kier alpha value is -2.95. The maximum Gasteiger partial charge on any atom is 0.227 e. The molecule has 1 aromatic heterocycles. The number of aromatic nitrogens is 2. The maximum atomic E-state index is 13.1. The lowest BCUT2D eigenvalue weighted by Crippen LogP contribution is -2.40. The molecular formula is C23H24N4O. The number of hydrogen-bond acceptors (Lipinski definition) is 4. The molecule has 0 radical (unpaired) electrons. The van der Waals surface area contributed by atoms with Crippen LogP contribution >= 0.6 is 0 Å². The van der Waals surface area contributed by atoms with Crippen molar-refractivity contribution in [3.05, 3.63) is 65.4 Å². The van der Waals surface area contributed by atoms with Gasteiger partial charge >= 0.3 is 0 Å². The third-order valence-corrected chi connectivity index (χ3v) is 6.00. The average Bonchev–Trinajstić information content (AvgIpc) is 3.22. The third-order valence-electron chi connectivity index (χ3n) is 6.00. The minimum Gasteiger partial charge on any atom is -0.354 e. The van der Waals surface area contributed by atoms with E-state index in [1.54, 1.807) is 0 Å². The fourth-order valence-corrected chi connectivity index (χ4v) is 4.47. The maximum absolute atomic E-state index is 13.1. The summed E-state index contributed by atoms with van der Waals surface area (Å²) in [5, 5.41) is 0. The Labute approximate surface area is 165 Å². The van der Waals surface area contributed by atoms with Crippen LogP contribution in [0.5, 0.6) is 0 Å². The number of rotatable bonds is 2. The van der Waals surface area contributed by atoms with E-state index in [1.807, 2.05) is 36.1 Å². The SMILES string of the molecule is Cc1nc2ccccc2nc1N1CCC(C(=O)N2CCc3ccccc3C2)C1. The third kappa shape index (κ3) is 3.01. The van der Waals surface area contributed by atoms with Crippen LogP contribution in [0.4, 0.5) is 5.82 Å². The highest BCUT2D eigenvalue weighted by atomic mass is 16.2. The van der Waals surface area contributed by atoms with Crippen molar-refractivity contribution in [3.8, 4) is 0 Å². The highest BCUT2D eigenvalue weighted by Crippen LogP contribution is 2.28. The number of anilines is 1. The van der Waals surface area contributed by atoms with Crippen LogP contribution in [0.15, 0.2) is 48.5 Å². The van der Waals surface area contributed by atoms with E-state index in [2.05, 4.69) is 29.2 Å². The van der Waals surface area contributed by atoms with Crippen molar-refractivity contribution in [2.24, 2.45) is 5.92 Å². The summed E-state index contributed by atoms with van der Waals surface area (Å²) in [6.45, 7) is 5.15. The minimum atomic E-state index is 0.0398. The van der Waals surface area contributed by atoms with Gasteiger partial charge in [-0.1, -0.05) is 36.4 Å². The molecule has 2 aliphatic heterocycles. The van der Waals surface area contributed by atoms with Gasteiger partial charge in [0, 0.05) is 26.2 Å². The van der Waals surface area contributed by atoms with Gasteiger partial charge in [-0.2, -0.15) is 0 Å². The molecule has 1 amide bonds. The Bertz CT molecular complexity index is 1050. The number of aryl methyl sites for hydroxylation is 1. The lowest BCUT2D eigenvalue weighted by Gasteiger charge is -2.31. The Morgan fingerprint density at radius 3 is 2.50 bits per heavy atom. The van der Waals surface area contributed by atoms with Crippen LogP contribution in [0.1, 0.15) is 23.2 Å². The number of carbonyl (C=O) groups is 1. The van der Waals surface area contributed by atoms with Gasteiger partial charge in [-0.3, -0.25) is 4.79 Å². The molecule has 0 N–H and O–H groups in total. The van der Waals surface area contributed by atoms with Crippen molar-refractivity contribution in [1.29, 1.82) is 0 Å². The molecule has 0 spiro atoms. The molecule has 3 heterocycles. The smallest absolute Gasteiger partial charge is 0.227 e. The molecular weight excluding hydrogens is 348 g/mol. The minimum absolute atomic E-state index is 0.0398. The molecule has 2 aromatic carbocycles. The first-order chi connectivity index (χ1) is 13.7. The van der Waals surface area contributed by atoms with E-state index in [0.29, 0.717) is 0 Å². The molecule has 1 atom stereocenters. The van der Waals surface area contributed by atoms with E-state index < -0.39 is 0 Å². The lowest BCUT2D eigenvalue weighted by atomic mass is 9.98. The Kier molecular flexibility index (Phi) is 4.23. The molecule has 0 aliphatic carbocycles. The Morgan fingerprint density at radius 2 is 1.68 bits per heavy atom. The standard InChI is InChI=1S/C23H24N4O/c1-16-22(25-21-9-5-4-8-20(21)24-16)26-12-11-19(15-26)23(28)27-13-10-17-6-2-3-7-18(17)14-27/h2-9,19H,10-15H2,1H3. The summed E-state index contributed by atoms with van der Waals surface area (Å²) in [6, 6.07) is 16.4. The van der Waals surface area contributed by atoms with Crippen LogP contribution in [-0.4, -0.2) is 40.4 Å². The van der Waals surface area contributed by atoms with E-state index in [1.165, 1.54) is 11.1 Å². The zero-order chi connectivity index (χ0) is 19.1. The molecule has 5 rings (SSSR count). The van der Waals surface area contributed by atoms with Gasteiger partial charge < -0.3 is 9.80 Å². The predicted molar refractivity (Wildman–Crippen MR) is 110 cm³/mol. The van der Waals surface area contributed by atoms with Gasteiger partial charge in [0.2, 0.25) is 5.91 Å². The zero-order valence-electron chi connectivity index (χ0n) is 16.1. The predicted octanol–water partition coefficient (Wildman–Crippen LogP) is 3.35. The molecule has 1 unspecified atom stereocenters. The van der Waals surface area contributed by atoms with Crippen molar-refractivity contribution in [2.45, 2.75) is 26.3 Å². The van der Waals surface area contributed by atoms with Crippen LogP contribution in [0.2, 0.25) is 0 Å². The van der Waals surface area contributed by atoms with E-state index in [4.69, 9.17) is 9.97 Å². The number of fused-ring (bicyclic) bond motifs is 2. The second kappa shape index (κ2) is 6.89. The topological polar surface area (TPSA) is 49.3 Å². The first-order valence-corrected chi connectivity index (χ1v) is 10.0. The van der Waals surface area contributed by atoms with Crippen molar-refractivity contribution < 1.29 is 4.79 Å². The molecule has 142 valence electrons. The van der Waals surface area contributed by atoms with Crippen molar-refractivity contribution in [1.82, 2.24) is 14.9 Å². The van der Waals surface area contributed by atoms with Crippen LogP contribution in [-0.2, 0) is 17.8 Å². The zero-order valence-corrected chi connectivity index (χ0v) is 16.1. The molecule has 0 saturated carbocycles. The molecule has 1 fully saturated rings. The monoisotopic (exact) mass is 372 g/mol. The summed E-state index contributed by atoms with van der Waals surface area (Å²) in [7, 11) is 0. The van der Waals surface area contributed by atoms with Crippen LogP contribution in [0, 0.1) is 12.8 Å². The van der Waals surface area contributed by atoms with Crippen LogP contribution in [0.25, 0.3) is 11.0 Å². The first-order valence-electron chi connectivity index (χ1n) is 10.0. The number of carbonyl (C=O) groups excluding carboxylic acids is 1. The summed E-state index contributed by atoms with van der Waals surface area (Å²) in [6.07, 6.45) is 1.83. The van der Waals surface area contributed by atoms with E-state index in [0.717, 1.165) is 61.6 Å². The van der Waals surface area contributed by atoms with Crippen molar-refractivity contribution in [2.75, 3.05) is 24.5 Å². The van der Waals surface area contributed by atoms with Gasteiger partial charge in [0.15, 0.2) is 5.82 Å². The number of para-hydroxylation sites is 2. The molecule has 2 aliphatic rings. The molecule has 5 heteroatoms. The number of benzene rings is 2. The van der Waals surface area contributed by atoms with Crippen LogP contribution < -0.4 is 4.90 Å². The van der Waals surface area contributed by atoms with E-state index >= 15 is 0 Å². The van der Waals surface area contributed by atoms with E-state index in [-0.39, 0.29) is 11.8 Å². The molecule has 28 heavy (non-hydrogen) atoms. The Balaban J connectivity index is 1.32. The number of amides is 1. The van der Waals surface area contributed by atoms with Gasteiger partial charge in [0.1, 0.15) is 0 Å². The highest BCUT2D eigenvalue weighted by Gasteiger charge is 2.34. The fourth-order valence-electron chi connectivity index (χ4n) is 4.47. The van der Waals surface area contributed by atoms with Gasteiger partial charge in [-0.25, -0.2) is 9.97 Å². The second-order valence-corrected chi connectivity index (χ2v) is 7.83. The Morgan fingerprint density at radius 1 is 0.964 bits per heavy atom. The molecule has 3 aromatic rings. The average molecular weight is 372 g/mol. The summed E-state index contributed by atoms with van der Waals surface area (Å²) in [4.78, 5) is 27.0. The van der Waals surface area contributed by atoms with Crippen molar-refractivity contribution >= 4 is 22.8 Å². The summed E-state index contributed by atoms with van der Waals surface area (Å²) in [5.74, 6) is 1.24. The normalized spacial score (nSPS) is 19.1. The lowest BCUT2D eigenvalue weighted by molar-refractivity contribution is -0.135. The largest absolute Gasteiger partial charge is 0.354 e. The fraction of sp³-hybridized carbons (Fsp3) is 0.348. The van der Waals surface area contributed by atoms with Gasteiger partial charge in [0.25, 0.3) is 0 Å². The molecule has 5 nitrogen and oxygen atoms in total. The van der Waals surface area contributed by atoms with Crippen LogP contribution in [0.3, 0.4) is 0 Å². The molecule has 0 bridgehead atoms. The quantitative estimate of drug-likeness (QED) is 0.692. The van der Waals surface area contributed by atoms with Gasteiger partial charge in [-0.05, 0) is 43.0 Å². The highest BCUT2D eigenvalue weighted by molar-refractivity contribution is 5.81. The number of hydrogen-bond donors (Lipinski definition) is 0. The van der Waals surface area contributed by atoms with Gasteiger partial charge in [0.05, 0.1) is 22.6 Å². The number of nitrogens with zero attached hydrogens (tertiary/aromatic N) is 4. The van der Waals surface area contributed by atoms with Crippen molar-refractivity contribution in [3.63, 3.8) is 0 Å². The second-order valence-electron chi connectivity index (χ2n) is 7.83.